The van der Waals surface area contributed by atoms with Crippen LogP contribution in [0.2, 0.25) is 0 Å². The van der Waals surface area contributed by atoms with Gasteiger partial charge in [0.05, 0.1) is 52.7 Å². The number of nitrogens with one attached hydrogen (secondary N) is 1. The predicted molar refractivity (Wildman–Crippen MR) is 146 cm³/mol. The Labute approximate surface area is 236 Å². The lowest BCUT2D eigenvalue weighted by molar-refractivity contribution is -0.274. The number of amides is 1. The van der Waals surface area contributed by atoms with E-state index in [-0.39, 0.29) is 37.5 Å². The van der Waals surface area contributed by atoms with Gasteiger partial charge in [-0.15, -0.1) is 13.2 Å². The molecule has 11 heteroatoms. The molecule has 0 unspecified atom stereocenters. The summed E-state index contributed by atoms with van der Waals surface area (Å²) in [5.74, 6) is 1.06. The lowest BCUT2D eigenvalue weighted by Gasteiger charge is -2.36. The maximum atomic E-state index is 12.7. The lowest BCUT2D eigenvalue weighted by Crippen LogP contribution is -2.57. The van der Waals surface area contributed by atoms with Crippen molar-refractivity contribution in [1.82, 2.24) is 5.32 Å². The fraction of sp³-hybridized carbons (Fsp3) is 0.367. The summed E-state index contributed by atoms with van der Waals surface area (Å²) in [6.45, 7) is 2.44. The highest BCUT2D eigenvalue weighted by Gasteiger charge is 2.31. The molecule has 1 amide bonds. The van der Waals surface area contributed by atoms with Crippen molar-refractivity contribution in [3.05, 3.63) is 83.9 Å². The first-order valence-corrected chi connectivity index (χ1v) is 13.2. The number of hydrogen-bond acceptors (Lipinski definition) is 7. The van der Waals surface area contributed by atoms with Gasteiger partial charge in [-0.2, -0.15) is 0 Å². The standard InChI is InChI=1S/C30H33F3N2O6/c1-37-28-9-3-2-7-23(28)20-38-14-5-15-40-26-12-10-24(11-13-26)35-25(17-34-18-29(35)36)21-39-19-22-6-4-8-27(16-22)41-30(31,32)33/h2-4,6-13,16,25,34H,5,14-15,17-21H2,1H3/t25-/m1/s1. The molecule has 0 saturated carbocycles. The van der Waals surface area contributed by atoms with Crippen molar-refractivity contribution in [2.45, 2.75) is 32.0 Å². The maximum absolute atomic E-state index is 12.7. The second-order valence-electron chi connectivity index (χ2n) is 9.32. The van der Waals surface area contributed by atoms with Crippen LogP contribution in [-0.4, -0.2) is 58.3 Å². The quantitative estimate of drug-likeness (QED) is 0.269. The van der Waals surface area contributed by atoms with E-state index in [1.165, 1.54) is 18.2 Å². The Morgan fingerprint density at radius 1 is 0.927 bits per heavy atom. The number of piperazine rings is 1. The van der Waals surface area contributed by atoms with E-state index in [2.05, 4.69) is 10.1 Å². The van der Waals surface area contributed by atoms with Crippen molar-refractivity contribution < 1.29 is 41.7 Å². The molecule has 0 radical (unpaired) electrons. The van der Waals surface area contributed by atoms with Gasteiger partial charge in [0, 0.05) is 24.2 Å². The predicted octanol–water partition coefficient (Wildman–Crippen LogP) is 5.10. The zero-order valence-electron chi connectivity index (χ0n) is 22.7. The second kappa shape index (κ2) is 14.7. The van der Waals surface area contributed by atoms with Gasteiger partial charge in [-0.1, -0.05) is 30.3 Å². The molecule has 3 aromatic carbocycles. The van der Waals surface area contributed by atoms with Crippen molar-refractivity contribution in [3.63, 3.8) is 0 Å². The van der Waals surface area contributed by atoms with Gasteiger partial charge in [0.15, 0.2) is 0 Å². The molecule has 1 saturated heterocycles. The molecule has 0 aromatic heterocycles. The smallest absolute Gasteiger partial charge is 0.496 e. The number of ether oxygens (including phenoxy) is 5. The van der Waals surface area contributed by atoms with Crippen LogP contribution in [0.4, 0.5) is 18.9 Å². The van der Waals surface area contributed by atoms with Gasteiger partial charge >= 0.3 is 6.36 Å². The molecule has 1 fully saturated rings. The Hall–Kier alpha value is -3.80. The van der Waals surface area contributed by atoms with Gasteiger partial charge in [-0.25, -0.2) is 0 Å². The number of alkyl halides is 3. The monoisotopic (exact) mass is 574 g/mol. The number of benzene rings is 3. The molecule has 1 N–H and O–H groups in total. The minimum atomic E-state index is -4.76. The largest absolute Gasteiger partial charge is 0.573 e. The number of methoxy groups -OCH3 is 1. The highest BCUT2D eigenvalue weighted by molar-refractivity contribution is 5.96. The summed E-state index contributed by atoms with van der Waals surface area (Å²) < 4.78 is 64.1. The Balaban J connectivity index is 1.23. The van der Waals surface area contributed by atoms with Gasteiger partial charge in [-0.3, -0.25) is 4.79 Å². The first-order valence-electron chi connectivity index (χ1n) is 13.2. The molecule has 8 nitrogen and oxygen atoms in total. The molecular weight excluding hydrogens is 541 g/mol. The van der Waals surface area contributed by atoms with E-state index in [1.54, 1.807) is 18.1 Å². The van der Waals surface area contributed by atoms with Gasteiger partial charge < -0.3 is 33.9 Å². The van der Waals surface area contributed by atoms with E-state index in [0.29, 0.717) is 49.8 Å². The van der Waals surface area contributed by atoms with Crippen molar-refractivity contribution >= 4 is 11.6 Å². The molecule has 4 rings (SSSR count). The maximum Gasteiger partial charge on any atom is 0.573 e. The van der Waals surface area contributed by atoms with E-state index >= 15 is 0 Å². The molecular formula is C30H33F3N2O6. The fourth-order valence-corrected chi connectivity index (χ4v) is 4.42. The molecule has 220 valence electrons. The Kier molecular flexibility index (Phi) is 10.8. The molecule has 0 aliphatic carbocycles. The average molecular weight is 575 g/mol. The van der Waals surface area contributed by atoms with Gasteiger partial charge in [0.25, 0.3) is 0 Å². The summed E-state index contributed by atoms with van der Waals surface area (Å²) in [7, 11) is 1.63. The Morgan fingerprint density at radius 2 is 1.73 bits per heavy atom. The SMILES string of the molecule is COc1ccccc1COCCCOc1ccc(N2C(=O)CNC[C@@H]2COCc2cccc(OC(F)(F)F)c2)cc1. The van der Waals surface area contributed by atoms with Gasteiger partial charge in [0.1, 0.15) is 17.2 Å². The van der Waals surface area contributed by atoms with Gasteiger partial charge in [-0.05, 0) is 48.0 Å². The molecule has 0 spiro atoms. The van der Waals surface area contributed by atoms with E-state index in [9.17, 15) is 18.0 Å². The Bertz CT molecular complexity index is 1260. The van der Waals surface area contributed by atoms with Crippen LogP contribution in [0.3, 0.4) is 0 Å². The number of halogens is 3. The van der Waals surface area contributed by atoms with Crippen LogP contribution < -0.4 is 24.4 Å². The van der Waals surface area contributed by atoms with Crippen LogP contribution in [0.25, 0.3) is 0 Å². The van der Waals surface area contributed by atoms with E-state index in [4.69, 9.17) is 18.9 Å². The number of anilines is 1. The molecule has 41 heavy (non-hydrogen) atoms. The molecule has 1 aliphatic rings. The molecule has 1 aliphatic heterocycles. The summed E-state index contributed by atoms with van der Waals surface area (Å²) in [6, 6.07) is 20.3. The van der Waals surface area contributed by atoms with Crippen molar-refractivity contribution in [2.75, 3.05) is 44.9 Å². The lowest BCUT2D eigenvalue weighted by atomic mass is 10.1. The average Bonchev–Trinajstić information content (AvgIpc) is 2.95. The third-order valence-electron chi connectivity index (χ3n) is 6.27. The van der Waals surface area contributed by atoms with E-state index in [0.717, 1.165) is 11.3 Å². The highest BCUT2D eigenvalue weighted by atomic mass is 19.4. The normalized spacial score (nSPS) is 15.6. The molecule has 1 atom stereocenters. The van der Waals surface area contributed by atoms with E-state index in [1.807, 2.05) is 48.5 Å². The summed E-state index contributed by atoms with van der Waals surface area (Å²) in [4.78, 5) is 14.4. The molecule has 1 heterocycles. The van der Waals surface area contributed by atoms with Crippen LogP contribution in [0.1, 0.15) is 17.5 Å². The third-order valence-corrected chi connectivity index (χ3v) is 6.27. The zero-order chi connectivity index (χ0) is 29.1. The number of rotatable bonds is 14. The van der Waals surface area contributed by atoms with Crippen molar-refractivity contribution in [3.8, 4) is 17.2 Å². The zero-order valence-corrected chi connectivity index (χ0v) is 22.7. The summed E-state index contributed by atoms with van der Waals surface area (Å²) in [5.41, 5.74) is 2.22. The number of carbonyl (C=O) groups excluding carboxylic acids is 1. The first-order chi connectivity index (χ1) is 19.8. The first kappa shape index (κ1) is 30.2. The van der Waals surface area contributed by atoms with Crippen LogP contribution in [0.5, 0.6) is 17.2 Å². The number of para-hydroxylation sites is 1. The minimum Gasteiger partial charge on any atom is -0.496 e. The number of nitrogens with zero attached hydrogens (tertiary/aromatic N) is 1. The molecule has 3 aromatic rings. The van der Waals surface area contributed by atoms with E-state index < -0.39 is 6.36 Å². The topological polar surface area (TPSA) is 78.5 Å². The number of hydrogen-bond donors (Lipinski definition) is 1. The summed E-state index contributed by atoms with van der Waals surface area (Å²) >= 11 is 0. The van der Waals surface area contributed by atoms with Crippen LogP contribution in [0.15, 0.2) is 72.8 Å². The van der Waals surface area contributed by atoms with Crippen molar-refractivity contribution in [1.29, 1.82) is 0 Å². The van der Waals surface area contributed by atoms with Crippen LogP contribution in [0, 0.1) is 0 Å². The molecule has 0 bridgehead atoms. The summed E-state index contributed by atoms with van der Waals surface area (Å²) in [6.07, 6.45) is -4.06. The second-order valence-corrected chi connectivity index (χ2v) is 9.32. The number of carbonyl (C=O) groups is 1. The van der Waals surface area contributed by atoms with Crippen molar-refractivity contribution in [2.24, 2.45) is 0 Å². The minimum absolute atomic E-state index is 0.0724. The van der Waals surface area contributed by atoms with Crippen LogP contribution in [-0.2, 0) is 27.5 Å². The van der Waals surface area contributed by atoms with Crippen LogP contribution >= 0.6 is 0 Å². The Morgan fingerprint density at radius 3 is 2.51 bits per heavy atom. The third kappa shape index (κ3) is 9.38. The van der Waals surface area contributed by atoms with Gasteiger partial charge in [0.2, 0.25) is 5.91 Å². The fourth-order valence-electron chi connectivity index (χ4n) is 4.42. The highest BCUT2D eigenvalue weighted by Crippen LogP contribution is 2.25. The summed E-state index contributed by atoms with van der Waals surface area (Å²) in [5, 5.41) is 3.08.